The van der Waals surface area contributed by atoms with E-state index in [1.807, 2.05) is 19.1 Å². The molecule has 0 aliphatic rings. The summed E-state index contributed by atoms with van der Waals surface area (Å²) in [5.74, 6) is 0. The quantitative estimate of drug-likeness (QED) is 0.666. The van der Waals surface area contributed by atoms with E-state index in [1.54, 1.807) is 6.07 Å². The lowest BCUT2D eigenvalue weighted by molar-refractivity contribution is 0.425. The van der Waals surface area contributed by atoms with Crippen LogP contribution >= 0.6 is 0 Å². The van der Waals surface area contributed by atoms with Crippen molar-refractivity contribution in [1.82, 2.24) is 0 Å². The highest BCUT2D eigenvalue weighted by molar-refractivity contribution is 6.59. The minimum absolute atomic E-state index is 0.597. The first-order valence-electron chi connectivity index (χ1n) is 4.60. The van der Waals surface area contributed by atoms with E-state index in [2.05, 4.69) is 6.92 Å². The molecule has 70 valence electrons. The maximum Gasteiger partial charge on any atom is 0.488 e. The van der Waals surface area contributed by atoms with Crippen LogP contribution in [0, 0.1) is 6.92 Å². The minimum atomic E-state index is -1.35. The molecule has 0 saturated carbocycles. The van der Waals surface area contributed by atoms with Gasteiger partial charge in [-0.05, 0) is 24.4 Å². The summed E-state index contributed by atoms with van der Waals surface area (Å²) in [6.07, 6.45) is 2.16. The van der Waals surface area contributed by atoms with Crippen LogP contribution in [0.15, 0.2) is 18.2 Å². The summed E-state index contributed by atoms with van der Waals surface area (Å²) in [6, 6.07) is 5.74. The molecule has 1 aromatic rings. The third kappa shape index (κ3) is 2.57. The van der Waals surface area contributed by atoms with Crippen LogP contribution in [-0.4, -0.2) is 17.2 Å². The van der Waals surface area contributed by atoms with Crippen molar-refractivity contribution >= 4 is 12.6 Å². The van der Waals surface area contributed by atoms with Crippen LogP contribution in [0.25, 0.3) is 0 Å². The van der Waals surface area contributed by atoms with Crippen molar-refractivity contribution in [2.24, 2.45) is 0 Å². The SMILES string of the molecule is CCCc1ccc(B(O)O)c(C)c1. The average Bonchev–Trinajstić information content (AvgIpc) is 2.04. The van der Waals surface area contributed by atoms with Gasteiger partial charge < -0.3 is 10.0 Å². The molecule has 0 fully saturated rings. The lowest BCUT2D eigenvalue weighted by Crippen LogP contribution is -2.32. The molecule has 0 aromatic heterocycles. The Morgan fingerprint density at radius 1 is 1.31 bits per heavy atom. The summed E-state index contributed by atoms with van der Waals surface area (Å²) in [7, 11) is -1.35. The second-order valence-electron chi connectivity index (χ2n) is 3.31. The first-order chi connectivity index (χ1) is 6.15. The van der Waals surface area contributed by atoms with Crippen molar-refractivity contribution in [1.29, 1.82) is 0 Å². The van der Waals surface area contributed by atoms with E-state index in [0.717, 1.165) is 18.4 Å². The van der Waals surface area contributed by atoms with Gasteiger partial charge in [-0.3, -0.25) is 0 Å². The van der Waals surface area contributed by atoms with Gasteiger partial charge in [-0.15, -0.1) is 0 Å². The third-order valence-electron chi connectivity index (χ3n) is 2.15. The molecule has 0 bridgehead atoms. The normalized spacial score (nSPS) is 10.2. The van der Waals surface area contributed by atoms with Crippen molar-refractivity contribution in [2.75, 3.05) is 0 Å². The van der Waals surface area contributed by atoms with Crippen LogP contribution in [0.3, 0.4) is 0 Å². The Morgan fingerprint density at radius 3 is 2.46 bits per heavy atom. The summed E-state index contributed by atoms with van der Waals surface area (Å²) >= 11 is 0. The number of aryl methyl sites for hydroxylation is 2. The van der Waals surface area contributed by atoms with Crippen LogP contribution in [0.2, 0.25) is 0 Å². The molecule has 0 heterocycles. The van der Waals surface area contributed by atoms with E-state index < -0.39 is 7.12 Å². The van der Waals surface area contributed by atoms with Gasteiger partial charge >= 0.3 is 7.12 Å². The molecular formula is C10H15BO2. The molecule has 1 rings (SSSR count). The van der Waals surface area contributed by atoms with Crippen molar-refractivity contribution in [2.45, 2.75) is 26.7 Å². The van der Waals surface area contributed by atoms with Crippen molar-refractivity contribution in [3.63, 3.8) is 0 Å². The standard InChI is InChI=1S/C10H15BO2/c1-3-4-9-5-6-10(11(12)13)8(2)7-9/h5-7,12-13H,3-4H2,1-2H3. The van der Waals surface area contributed by atoms with Gasteiger partial charge in [0.2, 0.25) is 0 Å². The lowest BCUT2D eigenvalue weighted by Gasteiger charge is -2.06. The van der Waals surface area contributed by atoms with Gasteiger partial charge in [0, 0.05) is 0 Å². The molecule has 0 amide bonds. The zero-order valence-electron chi connectivity index (χ0n) is 8.12. The van der Waals surface area contributed by atoms with Crippen LogP contribution in [0.5, 0.6) is 0 Å². The van der Waals surface area contributed by atoms with Gasteiger partial charge in [-0.25, -0.2) is 0 Å². The molecule has 0 saturated heterocycles. The number of rotatable bonds is 3. The van der Waals surface area contributed by atoms with E-state index in [-0.39, 0.29) is 0 Å². The second-order valence-corrected chi connectivity index (χ2v) is 3.31. The zero-order valence-corrected chi connectivity index (χ0v) is 8.12. The predicted octanol–water partition coefficient (Wildman–Crippen LogP) is 0.627. The Balaban J connectivity index is 2.92. The molecule has 0 spiro atoms. The monoisotopic (exact) mass is 178 g/mol. The lowest BCUT2D eigenvalue weighted by atomic mass is 9.77. The molecule has 13 heavy (non-hydrogen) atoms. The van der Waals surface area contributed by atoms with E-state index in [4.69, 9.17) is 10.0 Å². The fraction of sp³-hybridized carbons (Fsp3) is 0.400. The first kappa shape index (κ1) is 10.3. The third-order valence-corrected chi connectivity index (χ3v) is 2.15. The topological polar surface area (TPSA) is 40.5 Å². The largest absolute Gasteiger partial charge is 0.488 e. The molecule has 1 aromatic carbocycles. The zero-order chi connectivity index (χ0) is 9.84. The summed E-state index contributed by atoms with van der Waals surface area (Å²) < 4.78 is 0. The summed E-state index contributed by atoms with van der Waals surface area (Å²) in [4.78, 5) is 0. The highest BCUT2D eigenvalue weighted by atomic mass is 16.4. The first-order valence-corrected chi connectivity index (χ1v) is 4.60. The van der Waals surface area contributed by atoms with E-state index in [0.29, 0.717) is 5.46 Å². The predicted molar refractivity (Wildman–Crippen MR) is 55.0 cm³/mol. The fourth-order valence-electron chi connectivity index (χ4n) is 1.47. The van der Waals surface area contributed by atoms with E-state index in [9.17, 15) is 0 Å². The van der Waals surface area contributed by atoms with Gasteiger partial charge in [0.05, 0.1) is 0 Å². The van der Waals surface area contributed by atoms with Crippen LogP contribution < -0.4 is 5.46 Å². The Hall–Kier alpha value is -0.795. The number of hydrogen-bond acceptors (Lipinski definition) is 2. The van der Waals surface area contributed by atoms with E-state index >= 15 is 0 Å². The van der Waals surface area contributed by atoms with Gasteiger partial charge in [-0.2, -0.15) is 0 Å². The Bertz CT molecular complexity index is 284. The maximum absolute atomic E-state index is 8.98. The molecule has 0 radical (unpaired) electrons. The second kappa shape index (κ2) is 4.44. The van der Waals surface area contributed by atoms with Crippen LogP contribution in [0.1, 0.15) is 24.5 Å². The molecule has 0 atom stereocenters. The Morgan fingerprint density at radius 2 is 2.00 bits per heavy atom. The van der Waals surface area contributed by atoms with Gasteiger partial charge in [0.25, 0.3) is 0 Å². The average molecular weight is 178 g/mol. The fourth-order valence-corrected chi connectivity index (χ4v) is 1.47. The molecule has 2 N–H and O–H groups in total. The number of benzene rings is 1. The number of hydrogen-bond donors (Lipinski definition) is 2. The van der Waals surface area contributed by atoms with E-state index in [1.165, 1.54) is 5.56 Å². The highest BCUT2D eigenvalue weighted by Crippen LogP contribution is 2.05. The molecule has 3 heteroatoms. The molecule has 2 nitrogen and oxygen atoms in total. The van der Waals surface area contributed by atoms with Crippen molar-refractivity contribution in [3.8, 4) is 0 Å². The summed E-state index contributed by atoms with van der Waals surface area (Å²) in [5.41, 5.74) is 2.80. The molecule has 0 aliphatic heterocycles. The Kier molecular flexibility index (Phi) is 3.52. The van der Waals surface area contributed by atoms with Crippen LogP contribution in [-0.2, 0) is 6.42 Å². The summed E-state index contributed by atoms with van der Waals surface area (Å²) in [5, 5.41) is 18.0. The van der Waals surface area contributed by atoms with Gasteiger partial charge in [-0.1, -0.05) is 37.1 Å². The molecule has 0 unspecified atom stereocenters. The Labute approximate surface area is 79.4 Å². The van der Waals surface area contributed by atoms with Gasteiger partial charge in [0.15, 0.2) is 0 Å². The minimum Gasteiger partial charge on any atom is -0.423 e. The van der Waals surface area contributed by atoms with Gasteiger partial charge in [0.1, 0.15) is 0 Å². The molecule has 0 aliphatic carbocycles. The highest BCUT2D eigenvalue weighted by Gasteiger charge is 2.13. The smallest absolute Gasteiger partial charge is 0.423 e. The van der Waals surface area contributed by atoms with Crippen molar-refractivity contribution in [3.05, 3.63) is 29.3 Å². The summed E-state index contributed by atoms with van der Waals surface area (Å²) in [6.45, 7) is 4.03. The molecular weight excluding hydrogens is 163 g/mol. The van der Waals surface area contributed by atoms with Crippen LogP contribution in [0.4, 0.5) is 0 Å². The van der Waals surface area contributed by atoms with Crippen molar-refractivity contribution < 1.29 is 10.0 Å². The maximum atomic E-state index is 8.98.